The molecular weight excluding hydrogens is 360 g/mol. The number of nitrogens with zero attached hydrogens (tertiary/aromatic N) is 2. The molecule has 2 heterocycles. The van der Waals surface area contributed by atoms with Crippen LogP contribution in [0.3, 0.4) is 0 Å². The summed E-state index contributed by atoms with van der Waals surface area (Å²) in [5, 5.41) is 10.8. The molecule has 4 rings (SSSR count). The molecule has 0 N–H and O–H groups in total. The second-order valence-corrected chi connectivity index (χ2v) is 5.67. The van der Waals surface area contributed by atoms with E-state index in [1.165, 1.54) is 18.2 Å². The fraction of sp³-hybridized carbons (Fsp3) is 0.118. The number of imide groups is 1. The molecule has 0 saturated carbocycles. The molecule has 2 aliphatic rings. The summed E-state index contributed by atoms with van der Waals surface area (Å²) in [6.07, 6.45) is 0. The molecular formula is C17H10N2O8. The predicted octanol–water partition coefficient (Wildman–Crippen LogP) is 1.53. The monoisotopic (exact) mass is 370 g/mol. The van der Waals surface area contributed by atoms with Gasteiger partial charge in [0.25, 0.3) is 17.5 Å². The van der Waals surface area contributed by atoms with Crippen LogP contribution in [-0.2, 0) is 4.79 Å². The number of fused-ring (bicyclic) bond motifs is 2. The third kappa shape index (κ3) is 2.82. The molecule has 2 amide bonds. The summed E-state index contributed by atoms with van der Waals surface area (Å²) in [5.41, 5.74) is -0.439. The largest absolute Gasteiger partial charge is 0.454 e. The minimum absolute atomic E-state index is 0.00137. The van der Waals surface area contributed by atoms with E-state index in [0.717, 1.165) is 12.1 Å². The molecule has 0 bridgehead atoms. The molecule has 0 aromatic heterocycles. The zero-order valence-electron chi connectivity index (χ0n) is 13.5. The molecule has 0 atom stereocenters. The highest BCUT2D eigenvalue weighted by molar-refractivity contribution is 6.22. The summed E-state index contributed by atoms with van der Waals surface area (Å²) in [7, 11) is 0. The van der Waals surface area contributed by atoms with Crippen LogP contribution in [0.4, 0.5) is 5.69 Å². The maximum Gasteiger partial charge on any atom is 0.331 e. The third-order valence-corrected chi connectivity index (χ3v) is 4.03. The standard InChI is InChI=1S/C17H10N2O8/c20-15(27-10-2-4-13-14(6-10)26-8-25-13)7-18-16(21)11-3-1-9(19(23)24)5-12(11)17(18)22/h1-6H,7-8H2. The summed E-state index contributed by atoms with van der Waals surface area (Å²) in [4.78, 5) is 47.7. The average Bonchev–Trinajstić information content (AvgIpc) is 3.20. The van der Waals surface area contributed by atoms with Crippen molar-refractivity contribution in [3.63, 3.8) is 0 Å². The number of esters is 1. The molecule has 2 aliphatic heterocycles. The first-order valence-corrected chi connectivity index (χ1v) is 7.69. The maximum atomic E-state index is 12.4. The molecule has 0 spiro atoms. The molecule has 0 saturated heterocycles. The molecule has 2 aromatic rings. The van der Waals surface area contributed by atoms with Crippen molar-refractivity contribution in [1.82, 2.24) is 4.90 Å². The van der Waals surface area contributed by atoms with E-state index in [1.807, 2.05) is 0 Å². The Kier molecular flexibility index (Phi) is 3.73. The van der Waals surface area contributed by atoms with Gasteiger partial charge in [0.1, 0.15) is 12.3 Å². The Hall–Kier alpha value is -3.95. The molecule has 0 unspecified atom stereocenters. The van der Waals surface area contributed by atoms with Gasteiger partial charge in [0, 0.05) is 18.2 Å². The van der Waals surface area contributed by atoms with E-state index >= 15 is 0 Å². The van der Waals surface area contributed by atoms with Crippen LogP contribution in [-0.4, -0.2) is 40.9 Å². The van der Waals surface area contributed by atoms with Gasteiger partial charge >= 0.3 is 5.97 Å². The number of nitro benzene ring substituents is 1. The quantitative estimate of drug-likeness (QED) is 0.261. The maximum absolute atomic E-state index is 12.4. The van der Waals surface area contributed by atoms with Crippen LogP contribution in [0.5, 0.6) is 17.2 Å². The van der Waals surface area contributed by atoms with Gasteiger partial charge in [-0.15, -0.1) is 0 Å². The second-order valence-electron chi connectivity index (χ2n) is 5.67. The lowest BCUT2D eigenvalue weighted by atomic mass is 10.1. The van der Waals surface area contributed by atoms with Crippen LogP contribution in [0.2, 0.25) is 0 Å². The van der Waals surface area contributed by atoms with E-state index in [-0.39, 0.29) is 29.4 Å². The van der Waals surface area contributed by atoms with Crippen molar-refractivity contribution in [1.29, 1.82) is 0 Å². The fourth-order valence-electron chi connectivity index (χ4n) is 2.77. The van der Waals surface area contributed by atoms with Gasteiger partial charge < -0.3 is 14.2 Å². The van der Waals surface area contributed by atoms with E-state index in [9.17, 15) is 24.5 Å². The number of hydrogen-bond acceptors (Lipinski definition) is 8. The van der Waals surface area contributed by atoms with Crippen molar-refractivity contribution in [2.75, 3.05) is 13.3 Å². The Balaban J connectivity index is 1.49. The molecule has 0 fully saturated rings. The Morgan fingerprint density at radius 3 is 2.59 bits per heavy atom. The molecule has 27 heavy (non-hydrogen) atoms. The van der Waals surface area contributed by atoms with Crippen molar-refractivity contribution >= 4 is 23.5 Å². The Labute approximate surface area is 151 Å². The van der Waals surface area contributed by atoms with Gasteiger partial charge in [-0.05, 0) is 18.2 Å². The van der Waals surface area contributed by atoms with Gasteiger partial charge in [-0.1, -0.05) is 0 Å². The molecule has 10 nitrogen and oxygen atoms in total. The van der Waals surface area contributed by atoms with Crippen molar-refractivity contribution in [3.8, 4) is 17.2 Å². The van der Waals surface area contributed by atoms with Crippen LogP contribution in [0.1, 0.15) is 20.7 Å². The van der Waals surface area contributed by atoms with E-state index in [0.29, 0.717) is 16.4 Å². The van der Waals surface area contributed by atoms with Crippen LogP contribution in [0.25, 0.3) is 0 Å². The number of rotatable bonds is 4. The number of non-ortho nitro benzene ring substituents is 1. The Bertz CT molecular complexity index is 1020. The lowest BCUT2D eigenvalue weighted by Gasteiger charge is -2.13. The SMILES string of the molecule is O=C(CN1C(=O)c2ccc([N+](=O)[O-])cc2C1=O)Oc1ccc2c(c1)OCO2. The minimum atomic E-state index is -0.849. The minimum Gasteiger partial charge on any atom is -0.454 e. The number of carbonyl (C=O) groups excluding carboxylic acids is 3. The lowest BCUT2D eigenvalue weighted by molar-refractivity contribution is -0.384. The summed E-state index contributed by atoms with van der Waals surface area (Å²) in [5.74, 6) is -1.27. The first kappa shape index (κ1) is 16.5. The predicted molar refractivity (Wildman–Crippen MR) is 86.7 cm³/mol. The van der Waals surface area contributed by atoms with Gasteiger partial charge in [0.15, 0.2) is 11.5 Å². The first-order chi connectivity index (χ1) is 12.9. The molecule has 0 radical (unpaired) electrons. The zero-order valence-corrected chi connectivity index (χ0v) is 13.5. The molecule has 136 valence electrons. The van der Waals surface area contributed by atoms with Crippen LogP contribution < -0.4 is 14.2 Å². The first-order valence-electron chi connectivity index (χ1n) is 7.69. The smallest absolute Gasteiger partial charge is 0.331 e. The number of amides is 2. The van der Waals surface area contributed by atoms with Gasteiger partial charge in [-0.3, -0.25) is 24.6 Å². The van der Waals surface area contributed by atoms with Crippen LogP contribution in [0, 0.1) is 10.1 Å². The number of hydrogen-bond donors (Lipinski definition) is 0. The summed E-state index contributed by atoms with van der Waals surface area (Å²) < 4.78 is 15.5. The Morgan fingerprint density at radius 1 is 1.07 bits per heavy atom. The van der Waals surface area contributed by atoms with E-state index in [4.69, 9.17) is 14.2 Å². The Morgan fingerprint density at radius 2 is 1.81 bits per heavy atom. The topological polar surface area (TPSA) is 125 Å². The van der Waals surface area contributed by atoms with Crippen molar-refractivity contribution in [3.05, 3.63) is 57.6 Å². The van der Waals surface area contributed by atoms with E-state index < -0.39 is 29.3 Å². The van der Waals surface area contributed by atoms with Gasteiger partial charge in [0.05, 0.1) is 16.1 Å². The highest BCUT2D eigenvalue weighted by Crippen LogP contribution is 2.35. The molecule has 10 heteroatoms. The lowest BCUT2D eigenvalue weighted by Crippen LogP contribution is -2.36. The highest BCUT2D eigenvalue weighted by atomic mass is 16.7. The van der Waals surface area contributed by atoms with Crippen molar-refractivity contribution < 1.29 is 33.5 Å². The summed E-state index contributed by atoms with van der Waals surface area (Å²) >= 11 is 0. The highest BCUT2D eigenvalue weighted by Gasteiger charge is 2.38. The molecule has 2 aromatic carbocycles. The fourth-order valence-corrected chi connectivity index (χ4v) is 2.77. The van der Waals surface area contributed by atoms with Crippen molar-refractivity contribution in [2.24, 2.45) is 0 Å². The number of benzene rings is 2. The zero-order chi connectivity index (χ0) is 19.1. The van der Waals surface area contributed by atoms with Crippen LogP contribution >= 0.6 is 0 Å². The normalized spacial score (nSPS) is 14.3. The van der Waals surface area contributed by atoms with Gasteiger partial charge in [0.2, 0.25) is 6.79 Å². The number of carbonyl (C=O) groups is 3. The van der Waals surface area contributed by atoms with E-state index in [2.05, 4.69) is 0 Å². The third-order valence-electron chi connectivity index (χ3n) is 4.03. The summed E-state index contributed by atoms with van der Waals surface area (Å²) in [6.45, 7) is -0.567. The average molecular weight is 370 g/mol. The summed E-state index contributed by atoms with van der Waals surface area (Å²) in [6, 6.07) is 7.82. The van der Waals surface area contributed by atoms with Crippen molar-refractivity contribution in [2.45, 2.75) is 0 Å². The van der Waals surface area contributed by atoms with E-state index in [1.54, 1.807) is 6.07 Å². The van der Waals surface area contributed by atoms with Gasteiger partial charge in [-0.25, -0.2) is 4.79 Å². The number of nitro groups is 1. The van der Waals surface area contributed by atoms with Gasteiger partial charge in [-0.2, -0.15) is 0 Å². The molecule has 0 aliphatic carbocycles. The number of ether oxygens (including phenoxy) is 3. The second kappa shape index (κ2) is 6.09. The van der Waals surface area contributed by atoms with Crippen LogP contribution in [0.15, 0.2) is 36.4 Å².